The highest BCUT2D eigenvalue weighted by Crippen LogP contribution is 2.37. The number of aromatic nitrogens is 2. The van der Waals surface area contributed by atoms with E-state index in [1.807, 2.05) is 0 Å². The molecule has 0 aliphatic carbocycles. The summed E-state index contributed by atoms with van der Waals surface area (Å²) in [5, 5.41) is 0. The lowest BCUT2D eigenvalue weighted by atomic mass is 9.95. The van der Waals surface area contributed by atoms with Crippen LogP contribution in [0.3, 0.4) is 0 Å². The maximum Gasteiger partial charge on any atom is 0.131 e. The lowest BCUT2D eigenvalue weighted by molar-refractivity contribution is 0.346. The molecule has 112 valence electrons. The summed E-state index contributed by atoms with van der Waals surface area (Å²) < 4.78 is 2.24. The summed E-state index contributed by atoms with van der Waals surface area (Å²) in [4.78, 5) is 4.89. The molecule has 1 aliphatic heterocycles. The molecule has 0 bridgehead atoms. The highest BCUT2D eigenvalue weighted by Gasteiger charge is 2.27. The van der Waals surface area contributed by atoms with Crippen molar-refractivity contribution in [2.75, 3.05) is 5.73 Å². The summed E-state index contributed by atoms with van der Waals surface area (Å²) in [5.74, 6) is 2.66. The molecule has 0 fully saturated rings. The normalized spacial score (nSPS) is 21.4. The molecule has 2 unspecified atom stereocenters. The summed E-state index contributed by atoms with van der Waals surface area (Å²) in [6, 6.07) is 4.90. The number of rotatable bonds is 1. The summed E-state index contributed by atoms with van der Waals surface area (Å²) in [6.07, 6.45) is 2.21. The lowest BCUT2D eigenvalue weighted by Gasteiger charge is -2.27. The van der Waals surface area contributed by atoms with Crippen molar-refractivity contribution in [3.05, 3.63) is 34.6 Å². The number of nitrogens with zero attached hydrogens (tertiary/aromatic N) is 2. The van der Waals surface area contributed by atoms with E-state index in [0.717, 1.165) is 23.8 Å². The Morgan fingerprint density at radius 2 is 1.76 bits per heavy atom. The first-order valence-electron chi connectivity index (χ1n) is 7.83. The largest absolute Gasteiger partial charge is 0.383 e. The molecule has 2 N–H and O–H groups in total. The van der Waals surface area contributed by atoms with Crippen molar-refractivity contribution in [3.8, 4) is 11.3 Å². The van der Waals surface area contributed by atoms with E-state index in [2.05, 4.69) is 51.3 Å². The molecule has 0 amide bonds. The number of aryl methyl sites for hydroxylation is 3. The third-order valence-corrected chi connectivity index (χ3v) is 4.83. The Balaban J connectivity index is 2.17. The minimum atomic E-state index is 0.442. The molecule has 3 nitrogen and oxygen atoms in total. The fourth-order valence-corrected chi connectivity index (χ4v) is 3.63. The molecule has 2 aromatic rings. The van der Waals surface area contributed by atoms with Crippen LogP contribution in [0.1, 0.15) is 48.8 Å². The molecular weight excluding hydrogens is 258 g/mol. The molecular formula is C18H25N3. The zero-order chi connectivity index (χ0) is 15.3. The van der Waals surface area contributed by atoms with E-state index in [0.29, 0.717) is 12.0 Å². The van der Waals surface area contributed by atoms with Crippen LogP contribution in [0.5, 0.6) is 0 Å². The molecule has 0 saturated carbocycles. The second-order valence-corrected chi connectivity index (χ2v) is 6.78. The van der Waals surface area contributed by atoms with Crippen LogP contribution in [0.2, 0.25) is 0 Å². The van der Waals surface area contributed by atoms with E-state index in [4.69, 9.17) is 10.7 Å². The van der Waals surface area contributed by atoms with Crippen molar-refractivity contribution in [2.24, 2.45) is 5.92 Å². The van der Waals surface area contributed by atoms with Crippen LogP contribution in [0.4, 0.5) is 5.82 Å². The minimum Gasteiger partial charge on any atom is -0.383 e. The van der Waals surface area contributed by atoms with Crippen LogP contribution in [0.25, 0.3) is 11.3 Å². The molecule has 1 aromatic heterocycles. The van der Waals surface area contributed by atoms with E-state index < -0.39 is 0 Å². The average Bonchev–Trinajstić information content (AvgIpc) is 2.71. The number of hydrogen-bond acceptors (Lipinski definition) is 2. The second kappa shape index (κ2) is 4.90. The first-order valence-corrected chi connectivity index (χ1v) is 7.83. The van der Waals surface area contributed by atoms with E-state index in [9.17, 15) is 0 Å². The summed E-state index contributed by atoms with van der Waals surface area (Å²) >= 11 is 0. The summed E-state index contributed by atoms with van der Waals surface area (Å²) in [5.41, 5.74) is 12.5. The standard InChI is InChI=1S/C18H25N3/c1-10-6-14(5)21-16(7-10)20-17(18(21)19)15-9-12(3)11(2)8-13(15)4/h8-10,14H,6-7,19H2,1-5H3. The van der Waals surface area contributed by atoms with Crippen LogP contribution in [0.15, 0.2) is 12.1 Å². The molecule has 3 heteroatoms. The minimum absolute atomic E-state index is 0.442. The van der Waals surface area contributed by atoms with Crippen molar-refractivity contribution in [3.63, 3.8) is 0 Å². The monoisotopic (exact) mass is 283 g/mol. The van der Waals surface area contributed by atoms with Crippen molar-refractivity contribution in [1.29, 1.82) is 0 Å². The predicted molar refractivity (Wildman–Crippen MR) is 88.5 cm³/mol. The van der Waals surface area contributed by atoms with Gasteiger partial charge in [-0.05, 0) is 62.8 Å². The van der Waals surface area contributed by atoms with E-state index in [1.54, 1.807) is 0 Å². The van der Waals surface area contributed by atoms with Gasteiger partial charge in [0.05, 0.1) is 0 Å². The molecule has 0 spiro atoms. The van der Waals surface area contributed by atoms with Crippen LogP contribution in [0, 0.1) is 26.7 Å². The molecule has 0 radical (unpaired) electrons. The number of anilines is 1. The van der Waals surface area contributed by atoms with Gasteiger partial charge in [-0.15, -0.1) is 0 Å². The van der Waals surface area contributed by atoms with E-state index >= 15 is 0 Å². The number of hydrogen-bond donors (Lipinski definition) is 1. The van der Waals surface area contributed by atoms with Gasteiger partial charge in [0.2, 0.25) is 0 Å². The van der Waals surface area contributed by atoms with Gasteiger partial charge in [-0.1, -0.05) is 13.0 Å². The van der Waals surface area contributed by atoms with Gasteiger partial charge in [0.25, 0.3) is 0 Å². The molecule has 1 aliphatic rings. The Morgan fingerprint density at radius 1 is 1.10 bits per heavy atom. The zero-order valence-electron chi connectivity index (χ0n) is 13.7. The SMILES string of the molecule is Cc1cc(C)c(-c2nc3n(c2N)C(C)CC(C)C3)cc1C. The second-order valence-electron chi connectivity index (χ2n) is 6.78. The fraction of sp³-hybridized carbons (Fsp3) is 0.500. The van der Waals surface area contributed by atoms with Gasteiger partial charge in [-0.2, -0.15) is 0 Å². The van der Waals surface area contributed by atoms with Gasteiger partial charge < -0.3 is 10.3 Å². The maximum atomic E-state index is 6.45. The smallest absolute Gasteiger partial charge is 0.131 e. The number of imidazole rings is 1. The molecule has 1 aromatic carbocycles. The fourth-order valence-electron chi connectivity index (χ4n) is 3.63. The van der Waals surface area contributed by atoms with Gasteiger partial charge in [0.15, 0.2) is 0 Å². The number of fused-ring (bicyclic) bond motifs is 1. The Labute approximate surface area is 127 Å². The number of nitrogen functional groups attached to an aromatic ring is 1. The van der Waals surface area contributed by atoms with Gasteiger partial charge in [-0.3, -0.25) is 0 Å². The van der Waals surface area contributed by atoms with Gasteiger partial charge >= 0.3 is 0 Å². The van der Waals surface area contributed by atoms with Crippen LogP contribution < -0.4 is 5.73 Å². The average molecular weight is 283 g/mol. The van der Waals surface area contributed by atoms with E-state index in [-0.39, 0.29) is 0 Å². The highest BCUT2D eigenvalue weighted by atomic mass is 15.2. The molecule has 2 heterocycles. The topological polar surface area (TPSA) is 43.8 Å². The quantitative estimate of drug-likeness (QED) is 0.852. The molecule has 0 saturated heterocycles. The number of nitrogens with two attached hydrogens (primary N) is 1. The van der Waals surface area contributed by atoms with Crippen LogP contribution in [-0.2, 0) is 6.42 Å². The van der Waals surface area contributed by atoms with Gasteiger partial charge in [-0.25, -0.2) is 4.98 Å². The Morgan fingerprint density at radius 3 is 2.48 bits per heavy atom. The first-order chi connectivity index (χ1) is 9.88. The Hall–Kier alpha value is -1.77. The van der Waals surface area contributed by atoms with Crippen molar-refractivity contribution >= 4 is 5.82 Å². The van der Waals surface area contributed by atoms with Crippen molar-refractivity contribution in [2.45, 2.75) is 53.5 Å². The molecule has 3 rings (SSSR count). The third-order valence-electron chi connectivity index (χ3n) is 4.83. The summed E-state index contributed by atoms with van der Waals surface area (Å²) in [6.45, 7) is 11.0. The summed E-state index contributed by atoms with van der Waals surface area (Å²) in [7, 11) is 0. The van der Waals surface area contributed by atoms with E-state index in [1.165, 1.54) is 28.7 Å². The van der Waals surface area contributed by atoms with Gasteiger partial charge in [0, 0.05) is 18.0 Å². The first kappa shape index (κ1) is 14.2. The Bertz CT molecular complexity index is 697. The number of benzene rings is 1. The predicted octanol–water partition coefficient (Wildman–Crippen LogP) is 4.20. The van der Waals surface area contributed by atoms with Gasteiger partial charge in [0.1, 0.15) is 17.3 Å². The van der Waals surface area contributed by atoms with Crippen molar-refractivity contribution in [1.82, 2.24) is 9.55 Å². The third kappa shape index (κ3) is 2.25. The van der Waals surface area contributed by atoms with Crippen molar-refractivity contribution < 1.29 is 0 Å². The molecule has 2 atom stereocenters. The van der Waals surface area contributed by atoms with Crippen LogP contribution >= 0.6 is 0 Å². The van der Waals surface area contributed by atoms with Crippen LogP contribution in [-0.4, -0.2) is 9.55 Å². The highest BCUT2D eigenvalue weighted by molar-refractivity contribution is 5.75. The lowest BCUT2D eigenvalue weighted by Crippen LogP contribution is -2.22. The maximum absolute atomic E-state index is 6.45. The molecule has 21 heavy (non-hydrogen) atoms. The Kier molecular flexibility index (Phi) is 3.31. The zero-order valence-corrected chi connectivity index (χ0v) is 13.7.